The van der Waals surface area contributed by atoms with Gasteiger partial charge in [-0.25, -0.2) is 0 Å². The summed E-state index contributed by atoms with van der Waals surface area (Å²) in [7, 11) is 0. The lowest BCUT2D eigenvalue weighted by Gasteiger charge is -2.07. The molecule has 0 fully saturated rings. The maximum Gasteiger partial charge on any atom is 0.133 e. The molecule has 0 saturated carbocycles. The van der Waals surface area contributed by atoms with Crippen LogP contribution in [0, 0.1) is 13.8 Å². The average molecular weight is 217 g/mol. The molecule has 3 nitrogen and oxygen atoms in total. The van der Waals surface area contributed by atoms with Crippen molar-refractivity contribution in [1.29, 1.82) is 0 Å². The molecule has 0 radical (unpaired) electrons. The quantitative estimate of drug-likeness (QED) is 0.859. The van der Waals surface area contributed by atoms with Crippen molar-refractivity contribution < 1.29 is 9.52 Å². The summed E-state index contributed by atoms with van der Waals surface area (Å²) in [5.41, 5.74) is 1.99. The van der Waals surface area contributed by atoms with Crippen LogP contribution in [0.2, 0.25) is 0 Å². The molecule has 0 saturated heterocycles. The predicted molar refractivity (Wildman–Crippen MR) is 61.1 cm³/mol. The lowest BCUT2D eigenvalue weighted by Crippen LogP contribution is -2.02. The van der Waals surface area contributed by atoms with Crippen molar-refractivity contribution in [1.82, 2.24) is 4.98 Å². The standard InChI is InChI=1S/C13H15NO2/c1-9-3-5-11(14-8-9)7-12(15)13-6-4-10(2)16-13/h3-6,8,12,15H,7H2,1-2H3. The van der Waals surface area contributed by atoms with Crippen LogP contribution in [-0.4, -0.2) is 10.1 Å². The maximum atomic E-state index is 9.92. The van der Waals surface area contributed by atoms with Gasteiger partial charge in [0.15, 0.2) is 0 Å². The van der Waals surface area contributed by atoms with Gasteiger partial charge in [0.1, 0.15) is 17.6 Å². The largest absolute Gasteiger partial charge is 0.464 e. The second-order valence-electron chi connectivity index (χ2n) is 4.00. The Labute approximate surface area is 94.8 Å². The van der Waals surface area contributed by atoms with Crippen molar-refractivity contribution in [3.8, 4) is 0 Å². The van der Waals surface area contributed by atoms with Crippen LogP contribution in [0.15, 0.2) is 34.9 Å². The van der Waals surface area contributed by atoms with E-state index in [2.05, 4.69) is 4.98 Å². The third-order valence-electron chi connectivity index (χ3n) is 2.46. The SMILES string of the molecule is Cc1ccc(CC(O)c2ccc(C)o2)nc1. The van der Waals surface area contributed by atoms with Crippen molar-refractivity contribution in [2.45, 2.75) is 26.4 Å². The first-order chi connectivity index (χ1) is 7.65. The van der Waals surface area contributed by atoms with Gasteiger partial charge in [0.05, 0.1) is 0 Å². The Morgan fingerprint density at radius 1 is 1.25 bits per heavy atom. The van der Waals surface area contributed by atoms with E-state index < -0.39 is 6.10 Å². The molecule has 0 amide bonds. The van der Waals surface area contributed by atoms with Crippen LogP contribution in [-0.2, 0) is 6.42 Å². The van der Waals surface area contributed by atoms with Crippen LogP contribution in [0.25, 0.3) is 0 Å². The van der Waals surface area contributed by atoms with Gasteiger partial charge in [-0.05, 0) is 37.6 Å². The molecule has 2 aromatic heterocycles. The van der Waals surface area contributed by atoms with E-state index in [1.54, 1.807) is 12.3 Å². The molecule has 0 spiro atoms. The monoisotopic (exact) mass is 217 g/mol. The molecule has 84 valence electrons. The Hall–Kier alpha value is -1.61. The van der Waals surface area contributed by atoms with Gasteiger partial charge < -0.3 is 9.52 Å². The summed E-state index contributed by atoms with van der Waals surface area (Å²) in [4.78, 5) is 4.25. The Bertz CT molecular complexity index is 459. The van der Waals surface area contributed by atoms with Crippen molar-refractivity contribution in [3.05, 3.63) is 53.2 Å². The fourth-order valence-corrected chi connectivity index (χ4v) is 1.55. The molecule has 0 aliphatic carbocycles. The molecule has 2 rings (SSSR count). The first-order valence-corrected chi connectivity index (χ1v) is 5.31. The van der Waals surface area contributed by atoms with Gasteiger partial charge in [-0.15, -0.1) is 0 Å². The molecule has 0 aliphatic heterocycles. The average Bonchev–Trinajstić information content (AvgIpc) is 2.68. The molecule has 0 bridgehead atoms. The highest BCUT2D eigenvalue weighted by Gasteiger charge is 2.12. The van der Waals surface area contributed by atoms with Crippen LogP contribution in [0.4, 0.5) is 0 Å². The highest BCUT2D eigenvalue weighted by molar-refractivity contribution is 5.15. The van der Waals surface area contributed by atoms with Gasteiger partial charge in [0, 0.05) is 18.3 Å². The number of aromatic nitrogens is 1. The zero-order valence-corrected chi connectivity index (χ0v) is 9.47. The molecule has 2 heterocycles. The van der Waals surface area contributed by atoms with E-state index in [0.717, 1.165) is 17.0 Å². The zero-order valence-electron chi connectivity index (χ0n) is 9.47. The molecule has 3 heteroatoms. The van der Waals surface area contributed by atoms with Gasteiger partial charge in [0.25, 0.3) is 0 Å². The van der Waals surface area contributed by atoms with Crippen LogP contribution in [0.5, 0.6) is 0 Å². The Morgan fingerprint density at radius 2 is 2.06 bits per heavy atom. The normalized spacial score (nSPS) is 12.7. The summed E-state index contributed by atoms with van der Waals surface area (Å²) in [5.74, 6) is 1.41. The van der Waals surface area contributed by atoms with Crippen LogP contribution < -0.4 is 0 Å². The molecule has 0 aliphatic rings. The zero-order chi connectivity index (χ0) is 11.5. The fraction of sp³-hybridized carbons (Fsp3) is 0.308. The molecule has 1 unspecified atom stereocenters. The first kappa shape index (κ1) is 10.9. The summed E-state index contributed by atoms with van der Waals surface area (Å²) < 4.78 is 5.36. The van der Waals surface area contributed by atoms with E-state index in [1.165, 1.54) is 0 Å². The summed E-state index contributed by atoms with van der Waals surface area (Å²) in [6, 6.07) is 7.56. The van der Waals surface area contributed by atoms with Crippen LogP contribution >= 0.6 is 0 Å². The van der Waals surface area contributed by atoms with E-state index in [1.807, 2.05) is 32.0 Å². The second-order valence-corrected chi connectivity index (χ2v) is 4.00. The van der Waals surface area contributed by atoms with E-state index in [0.29, 0.717) is 12.2 Å². The first-order valence-electron chi connectivity index (χ1n) is 5.31. The van der Waals surface area contributed by atoms with Crippen molar-refractivity contribution in [3.63, 3.8) is 0 Å². The highest BCUT2D eigenvalue weighted by atomic mass is 16.4. The van der Waals surface area contributed by atoms with Crippen LogP contribution in [0.3, 0.4) is 0 Å². The second kappa shape index (κ2) is 4.49. The topological polar surface area (TPSA) is 46.3 Å². The van der Waals surface area contributed by atoms with E-state index in [4.69, 9.17) is 4.42 Å². The number of aryl methyl sites for hydroxylation is 2. The summed E-state index contributed by atoms with van der Waals surface area (Å²) in [6.45, 7) is 3.85. The minimum atomic E-state index is -0.621. The van der Waals surface area contributed by atoms with Gasteiger partial charge in [-0.3, -0.25) is 4.98 Å². The number of aliphatic hydroxyl groups excluding tert-OH is 1. The van der Waals surface area contributed by atoms with Crippen molar-refractivity contribution in [2.24, 2.45) is 0 Å². The van der Waals surface area contributed by atoms with Crippen molar-refractivity contribution >= 4 is 0 Å². The molecule has 2 aromatic rings. The molecular weight excluding hydrogens is 202 g/mol. The minimum absolute atomic E-state index is 0.479. The lowest BCUT2D eigenvalue weighted by molar-refractivity contribution is 0.147. The number of hydrogen-bond donors (Lipinski definition) is 1. The van der Waals surface area contributed by atoms with Crippen molar-refractivity contribution in [2.75, 3.05) is 0 Å². The summed E-state index contributed by atoms with van der Waals surface area (Å²) >= 11 is 0. The number of rotatable bonds is 3. The number of pyridine rings is 1. The smallest absolute Gasteiger partial charge is 0.133 e. The van der Waals surface area contributed by atoms with Gasteiger partial charge in [-0.1, -0.05) is 6.07 Å². The third kappa shape index (κ3) is 2.49. The summed E-state index contributed by atoms with van der Waals surface area (Å²) in [6.07, 6.45) is 1.66. The van der Waals surface area contributed by atoms with E-state index in [-0.39, 0.29) is 0 Å². The Kier molecular flexibility index (Phi) is 3.06. The maximum absolute atomic E-state index is 9.92. The third-order valence-corrected chi connectivity index (χ3v) is 2.46. The van der Waals surface area contributed by atoms with Gasteiger partial charge in [0.2, 0.25) is 0 Å². The molecule has 16 heavy (non-hydrogen) atoms. The van der Waals surface area contributed by atoms with Gasteiger partial charge >= 0.3 is 0 Å². The molecule has 1 atom stereocenters. The number of nitrogens with zero attached hydrogens (tertiary/aromatic N) is 1. The molecular formula is C13H15NO2. The minimum Gasteiger partial charge on any atom is -0.464 e. The fourth-order valence-electron chi connectivity index (χ4n) is 1.55. The number of aliphatic hydroxyl groups is 1. The highest BCUT2D eigenvalue weighted by Crippen LogP contribution is 2.19. The number of hydrogen-bond acceptors (Lipinski definition) is 3. The number of furan rings is 1. The van der Waals surface area contributed by atoms with E-state index in [9.17, 15) is 5.11 Å². The lowest BCUT2D eigenvalue weighted by atomic mass is 10.1. The Balaban J connectivity index is 2.07. The molecule has 1 N–H and O–H groups in total. The Morgan fingerprint density at radius 3 is 2.62 bits per heavy atom. The molecule has 0 aromatic carbocycles. The van der Waals surface area contributed by atoms with Gasteiger partial charge in [-0.2, -0.15) is 0 Å². The van der Waals surface area contributed by atoms with Crippen LogP contribution in [0.1, 0.15) is 28.9 Å². The predicted octanol–water partition coefficient (Wildman–Crippen LogP) is 2.57. The summed E-state index contributed by atoms with van der Waals surface area (Å²) in [5, 5.41) is 9.92. The van der Waals surface area contributed by atoms with E-state index >= 15 is 0 Å².